The SMILES string of the molecule is Cc1ccc(Cl)cc1N1CCN(C(=O)[C@H](C)N(c2ccc3c(c2)OCCO3)S(C)(=O)=O)CC1. The molecule has 10 heteroatoms. The van der Waals surface area contributed by atoms with Crippen LogP contribution < -0.4 is 18.7 Å². The Morgan fingerprint density at radius 1 is 1.03 bits per heavy atom. The molecule has 33 heavy (non-hydrogen) atoms. The van der Waals surface area contributed by atoms with Gasteiger partial charge in [0.25, 0.3) is 0 Å². The second-order valence-corrected chi connectivity index (χ2v) is 10.6. The first-order valence-corrected chi connectivity index (χ1v) is 13.1. The Bertz CT molecular complexity index is 1150. The molecule has 0 aromatic heterocycles. The number of benzene rings is 2. The van der Waals surface area contributed by atoms with Crippen LogP contribution in [0.2, 0.25) is 5.02 Å². The van der Waals surface area contributed by atoms with Crippen LogP contribution in [-0.2, 0) is 14.8 Å². The monoisotopic (exact) mass is 493 g/mol. The highest BCUT2D eigenvalue weighted by Gasteiger charge is 2.34. The molecular formula is C23H28ClN3O5S. The molecule has 0 aliphatic carbocycles. The van der Waals surface area contributed by atoms with Crippen LogP contribution in [0, 0.1) is 6.92 Å². The number of carbonyl (C=O) groups excluding carboxylic acids is 1. The van der Waals surface area contributed by atoms with Crippen molar-refractivity contribution >= 4 is 38.9 Å². The summed E-state index contributed by atoms with van der Waals surface area (Å²) in [4.78, 5) is 17.3. The van der Waals surface area contributed by atoms with E-state index in [1.54, 1.807) is 30.0 Å². The molecule has 0 spiro atoms. The van der Waals surface area contributed by atoms with Gasteiger partial charge in [0.15, 0.2) is 11.5 Å². The molecule has 8 nitrogen and oxygen atoms in total. The van der Waals surface area contributed by atoms with E-state index in [1.165, 1.54) is 0 Å². The van der Waals surface area contributed by atoms with E-state index in [-0.39, 0.29) is 5.91 Å². The number of aryl methyl sites for hydroxylation is 1. The molecule has 2 aromatic rings. The lowest BCUT2D eigenvalue weighted by molar-refractivity contribution is -0.132. The molecule has 1 atom stereocenters. The van der Waals surface area contributed by atoms with Crippen LogP contribution >= 0.6 is 11.6 Å². The van der Waals surface area contributed by atoms with Crippen molar-refractivity contribution in [2.75, 3.05) is 54.9 Å². The summed E-state index contributed by atoms with van der Waals surface area (Å²) in [7, 11) is -3.73. The summed E-state index contributed by atoms with van der Waals surface area (Å²) in [6.45, 7) is 6.75. The third kappa shape index (κ3) is 4.99. The smallest absolute Gasteiger partial charge is 0.246 e. The summed E-state index contributed by atoms with van der Waals surface area (Å²) in [5, 5.41) is 0.672. The molecule has 0 saturated carbocycles. The fraction of sp³-hybridized carbons (Fsp3) is 0.435. The Balaban J connectivity index is 1.50. The Labute approximate surface area is 199 Å². The Morgan fingerprint density at radius 2 is 1.70 bits per heavy atom. The number of halogens is 1. The molecule has 0 radical (unpaired) electrons. The average Bonchev–Trinajstić information content (AvgIpc) is 2.79. The van der Waals surface area contributed by atoms with Crippen LogP contribution in [0.15, 0.2) is 36.4 Å². The van der Waals surface area contributed by atoms with Crippen molar-refractivity contribution in [1.29, 1.82) is 0 Å². The van der Waals surface area contributed by atoms with Crippen molar-refractivity contribution in [3.8, 4) is 11.5 Å². The van der Waals surface area contributed by atoms with Gasteiger partial charge in [-0.15, -0.1) is 0 Å². The number of nitrogens with zero attached hydrogens (tertiary/aromatic N) is 3. The van der Waals surface area contributed by atoms with E-state index in [4.69, 9.17) is 21.1 Å². The van der Waals surface area contributed by atoms with Crippen molar-refractivity contribution in [3.05, 3.63) is 47.0 Å². The van der Waals surface area contributed by atoms with Gasteiger partial charge in [0, 0.05) is 43.0 Å². The number of sulfonamides is 1. The minimum absolute atomic E-state index is 0.238. The van der Waals surface area contributed by atoms with Crippen LogP contribution in [0.5, 0.6) is 11.5 Å². The summed E-state index contributed by atoms with van der Waals surface area (Å²) in [5.41, 5.74) is 2.54. The maximum absolute atomic E-state index is 13.3. The molecule has 1 amide bonds. The second kappa shape index (κ2) is 9.30. The number of hydrogen-bond acceptors (Lipinski definition) is 6. The highest BCUT2D eigenvalue weighted by molar-refractivity contribution is 7.92. The highest BCUT2D eigenvalue weighted by Crippen LogP contribution is 2.35. The number of piperazine rings is 1. The molecule has 4 rings (SSSR count). The van der Waals surface area contributed by atoms with E-state index in [9.17, 15) is 13.2 Å². The van der Waals surface area contributed by atoms with Gasteiger partial charge in [-0.1, -0.05) is 17.7 Å². The Morgan fingerprint density at radius 3 is 2.36 bits per heavy atom. The van der Waals surface area contributed by atoms with Crippen LogP contribution in [0.4, 0.5) is 11.4 Å². The van der Waals surface area contributed by atoms with Gasteiger partial charge in [-0.05, 0) is 43.7 Å². The lowest BCUT2D eigenvalue weighted by Gasteiger charge is -2.39. The minimum atomic E-state index is -3.73. The molecule has 2 aromatic carbocycles. The zero-order valence-electron chi connectivity index (χ0n) is 19.0. The van der Waals surface area contributed by atoms with Gasteiger partial charge in [-0.2, -0.15) is 0 Å². The lowest BCUT2D eigenvalue weighted by atomic mass is 10.1. The number of rotatable bonds is 5. The van der Waals surface area contributed by atoms with Gasteiger partial charge in [0.2, 0.25) is 15.9 Å². The molecule has 2 aliphatic rings. The summed E-state index contributed by atoms with van der Waals surface area (Å²) in [5.74, 6) is 0.792. The first-order valence-electron chi connectivity index (χ1n) is 10.8. The number of fused-ring (bicyclic) bond motifs is 1. The third-order valence-electron chi connectivity index (χ3n) is 5.95. The van der Waals surface area contributed by atoms with Gasteiger partial charge in [0.1, 0.15) is 19.3 Å². The fourth-order valence-corrected chi connectivity index (χ4v) is 5.65. The first kappa shape index (κ1) is 23.5. The summed E-state index contributed by atoms with van der Waals surface area (Å²) < 4.78 is 37.7. The maximum Gasteiger partial charge on any atom is 0.246 e. The van der Waals surface area contributed by atoms with Crippen LogP contribution in [0.3, 0.4) is 0 Å². The quantitative estimate of drug-likeness (QED) is 0.637. The fourth-order valence-electron chi connectivity index (χ4n) is 4.33. The molecule has 2 aliphatic heterocycles. The minimum Gasteiger partial charge on any atom is -0.486 e. The van der Waals surface area contributed by atoms with Crippen molar-refractivity contribution in [3.63, 3.8) is 0 Å². The van der Waals surface area contributed by atoms with Gasteiger partial charge >= 0.3 is 0 Å². The topological polar surface area (TPSA) is 79.4 Å². The molecule has 1 saturated heterocycles. The van der Waals surface area contributed by atoms with E-state index < -0.39 is 16.1 Å². The Kier molecular flexibility index (Phi) is 6.63. The second-order valence-electron chi connectivity index (χ2n) is 8.31. The molecule has 0 bridgehead atoms. The summed E-state index contributed by atoms with van der Waals surface area (Å²) in [6.07, 6.45) is 1.10. The number of anilines is 2. The summed E-state index contributed by atoms with van der Waals surface area (Å²) >= 11 is 6.17. The number of ether oxygens (including phenoxy) is 2. The lowest BCUT2D eigenvalue weighted by Crippen LogP contribution is -2.55. The van der Waals surface area contributed by atoms with E-state index in [0.717, 1.165) is 21.8 Å². The largest absolute Gasteiger partial charge is 0.486 e. The average molecular weight is 494 g/mol. The zero-order valence-corrected chi connectivity index (χ0v) is 20.5. The van der Waals surface area contributed by atoms with Crippen molar-refractivity contribution in [2.24, 2.45) is 0 Å². The predicted octanol–water partition coefficient (Wildman–Crippen LogP) is 2.92. The Hall–Kier alpha value is -2.65. The van der Waals surface area contributed by atoms with Gasteiger partial charge < -0.3 is 19.3 Å². The normalized spacial score (nSPS) is 17.0. The maximum atomic E-state index is 13.3. The predicted molar refractivity (Wildman–Crippen MR) is 129 cm³/mol. The van der Waals surface area contributed by atoms with Crippen LogP contribution in [0.25, 0.3) is 0 Å². The number of carbonyl (C=O) groups is 1. The van der Waals surface area contributed by atoms with Crippen LogP contribution in [0.1, 0.15) is 12.5 Å². The first-order chi connectivity index (χ1) is 15.6. The van der Waals surface area contributed by atoms with Crippen molar-refractivity contribution in [2.45, 2.75) is 19.9 Å². The van der Waals surface area contributed by atoms with Crippen LogP contribution in [-0.4, -0.2) is 70.9 Å². The van der Waals surface area contributed by atoms with Crippen molar-refractivity contribution < 1.29 is 22.7 Å². The highest BCUT2D eigenvalue weighted by atomic mass is 35.5. The third-order valence-corrected chi connectivity index (χ3v) is 7.43. The number of hydrogen-bond donors (Lipinski definition) is 0. The van der Waals surface area contributed by atoms with E-state index in [1.807, 2.05) is 25.1 Å². The molecular weight excluding hydrogens is 466 g/mol. The number of amides is 1. The summed E-state index contributed by atoms with van der Waals surface area (Å²) in [6, 6.07) is 9.79. The van der Waals surface area contributed by atoms with E-state index in [0.29, 0.717) is 61.6 Å². The molecule has 2 heterocycles. The van der Waals surface area contributed by atoms with Gasteiger partial charge in [-0.25, -0.2) is 8.42 Å². The van der Waals surface area contributed by atoms with Gasteiger partial charge in [0.05, 0.1) is 11.9 Å². The molecule has 1 fully saturated rings. The van der Waals surface area contributed by atoms with Crippen molar-refractivity contribution in [1.82, 2.24) is 4.90 Å². The molecule has 0 N–H and O–H groups in total. The van der Waals surface area contributed by atoms with Gasteiger partial charge in [-0.3, -0.25) is 9.10 Å². The molecule has 0 unspecified atom stereocenters. The standard InChI is InChI=1S/C23H28ClN3O5S/c1-16-4-5-18(24)14-20(16)25-8-10-26(11-9-25)23(28)17(2)27(33(3,29)30)19-6-7-21-22(15-19)32-13-12-31-21/h4-7,14-15,17H,8-13H2,1-3H3/t17-/m0/s1. The molecule has 178 valence electrons. The van der Waals surface area contributed by atoms with E-state index >= 15 is 0 Å². The zero-order chi connectivity index (χ0) is 23.8. The van der Waals surface area contributed by atoms with E-state index in [2.05, 4.69) is 4.90 Å².